The van der Waals surface area contributed by atoms with E-state index < -0.39 is 0 Å². The minimum Gasteiger partial charge on any atom is -0.381 e. The van der Waals surface area contributed by atoms with Gasteiger partial charge in [-0.25, -0.2) is 0 Å². The van der Waals surface area contributed by atoms with Crippen molar-refractivity contribution in [3.05, 3.63) is 0 Å². The van der Waals surface area contributed by atoms with Gasteiger partial charge in [-0.05, 0) is 82.3 Å². The monoisotopic (exact) mass is 340 g/mol. The predicted molar refractivity (Wildman–Crippen MR) is 99.7 cm³/mol. The van der Waals surface area contributed by atoms with Crippen molar-refractivity contribution in [2.75, 3.05) is 52.2 Å². The first-order valence-corrected chi connectivity index (χ1v) is 10.8. The highest BCUT2D eigenvalue weighted by Crippen LogP contribution is 2.49. The van der Waals surface area contributed by atoms with Crippen molar-refractivity contribution in [3.63, 3.8) is 0 Å². The number of hydrogen-bond donors (Lipinski definition) is 0. The summed E-state index contributed by atoms with van der Waals surface area (Å²) in [6.07, 6.45) is 8.34. The molecule has 0 aromatic heterocycles. The Morgan fingerprint density at radius 2 is 1.78 bits per heavy atom. The Bertz CT molecular complexity index is 338. The van der Waals surface area contributed by atoms with Crippen LogP contribution in [-0.4, -0.2) is 61.4 Å². The van der Waals surface area contributed by atoms with Crippen LogP contribution in [0.4, 0.5) is 0 Å². The van der Waals surface area contributed by atoms with Crippen molar-refractivity contribution in [2.24, 2.45) is 23.7 Å². The van der Waals surface area contributed by atoms with Crippen LogP contribution in [0, 0.1) is 23.7 Å². The largest absolute Gasteiger partial charge is 0.381 e. The quantitative estimate of drug-likeness (QED) is 0.494. The van der Waals surface area contributed by atoms with E-state index in [1.54, 1.807) is 0 Å². The lowest BCUT2D eigenvalue weighted by molar-refractivity contribution is 0.0752. The fraction of sp³-hybridized carbons (Fsp3) is 1.00. The van der Waals surface area contributed by atoms with Crippen LogP contribution in [-0.2, 0) is 4.74 Å². The third-order valence-electron chi connectivity index (χ3n) is 6.22. The summed E-state index contributed by atoms with van der Waals surface area (Å²) in [6, 6.07) is 0. The number of hydrogen-bond acceptors (Lipinski definition) is 4. The van der Waals surface area contributed by atoms with Crippen LogP contribution in [0.1, 0.15) is 45.4 Å². The number of likely N-dealkylation sites (tertiary alicyclic amines) is 1. The van der Waals surface area contributed by atoms with E-state index in [4.69, 9.17) is 4.74 Å². The first-order valence-electron chi connectivity index (χ1n) is 9.90. The predicted octanol–water partition coefficient (Wildman–Crippen LogP) is 3.75. The Labute approximate surface area is 147 Å². The highest BCUT2D eigenvalue weighted by atomic mass is 32.2. The summed E-state index contributed by atoms with van der Waals surface area (Å²) in [5.41, 5.74) is 0. The zero-order valence-corrected chi connectivity index (χ0v) is 16.0. The molecule has 4 heteroatoms. The van der Waals surface area contributed by atoms with Crippen LogP contribution < -0.4 is 0 Å². The summed E-state index contributed by atoms with van der Waals surface area (Å²) >= 11 is 2.00. The van der Waals surface area contributed by atoms with E-state index in [9.17, 15) is 0 Å². The summed E-state index contributed by atoms with van der Waals surface area (Å²) in [7, 11) is 2.26. The number of rotatable bonds is 8. The molecular formula is C19H36N2OS. The number of ether oxygens (including phenoxy) is 1. The van der Waals surface area contributed by atoms with E-state index in [2.05, 4.69) is 23.2 Å². The molecule has 0 aromatic carbocycles. The molecule has 0 aromatic rings. The Kier molecular flexibility index (Phi) is 7.11. The van der Waals surface area contributed by atoms with Crippen LogP contribution in [0.15, 0.2) is 0 Å². The van der Waals surface area contributed by atoms with Gasteiger partial charge in [-0.1, -0.05) is 18.9 Å². The second kappa shape index (κ2) is 9.07. The maximum absolute atomic E-state index is 6.04. The summed E-state index contributed by atoms with van der Waals surface area (Å²) in [4.78, 5) is 2.49. The standard InChI is InChI=1S/C19H36N2OS/c1-3-23-21-11-4-16(5-12-21)15-22-13-8-18-14-19(18)17-6-9-20(2)10-7-17/h16-19H,3-15H2,1-2H3. The highest BCUT2D eigenvalue weighted by Gasteiger charge is 2.42. The lowest BCUT2D eigenvalue weighted by Gasteiger charge is -2.30. The van der Waals surface area contributed by atoms with Crippen LogP contribution >= 0.6 is 11.9 Å². The van der Waals surface area contributed by atoms with E-state index in [1.807, 2.05) is 11.9 Å². The Morgan fingerprint density at radius 1 is 1.04 bits per heavy atom. The zero-order chi connectivity index (χ0) is 16.1. The third-order valence-corrected chi connectivity index (χ3v) is 7.21. The van der Waals surface area contributed by atoms with Crippen LogP contribution in [0.25, 0.3) is 0 Å². The Balaban J connectivity index is 1.21. The minimum absolute atomic E-state index is 0.813. The molecule has 0 spiro atoms. The lowest BCUT2D eigenvalue weighted by atomic mass is 9.91. The first-order chi connectivity index (χ1) is 11.3. The third kappa shape index (κ3) is 5.62. The summed E-state index contributed by atoms with van der Waals surface area (Å²) in [5.74, 6) is 5.08. The van der Waals surface area contributed by atoms with Crippen molar-refractivity contribution in [1.82, 2.24) is 9.21 Å². The molecule has 2 aliphatic heterocycles. The molecule has 3 fully saturated rings. The highest BCUT2D eigenvalue weighted by molar-refractivity contribution is 7.96. The molecule has 1 saturated carbocycles. The number of piperidine rings is 2. The molecule has 2 unspecified atom stereocenters. The van der Waals surface area contributed by atoms with E-state index in [1.165, 1.54) is 70.5 Å². The van der Waals surface area contributed by atoms with Crippen LogP contribution in [0.2, 0.25) is 0 Å². The molecule has 3 rings (SSSR count). The van der Waals surface area contributed by atoms with Gasteiger partial charge in [0.25, 0.3) is 0 Å². The summed E-state index contributed by atoms with van der Waals surface area (Å²) < 4.78 is 8.57. The van der Waals surface area contributed by atoms with Crippen molar-refractivity contribution in [1.29, 1.82) is 0 Å². The van der Waals surface area contributed by atoms with Gasteiger partial charge < -0.3 is 9.64 Å². The van der Waals surface area contributed by atoms with Gasteiger partial charge in [0.05, 0.1) is 0 Å². The fourth-order valence-electron chi connectivity index (χ4n) is 4.51. The van der Waals surface area contributed by atoms with Gasteiger partial charge in [-0.2, -0.15) is 0 Å². The van der Waals surface area contributed by atoms with Gasteiger partial charge >= 0.3 is 0 Å². The molecule has 0 radical (unpaired) electrons. The molecule has 2 atom stereocenters. The molecule has 0 bridgehead atoms. The minimum atomic E-state index is 0.813. The van der Waals surface area contributed by atoms with Gasteiger partial charge in [0.15, 0.2) is 0 Å². The van der Waals surface area contributed by atoms with Gasteiger partial charge in [0.2, 0.25) is 0 Å². The van der Waals surface area contributed by atoms with E-state index in [0.29, 0.717) is 0 Å². The Morgan fingerprint density at radius 3 is 2.48 bits per heavy atom. The van der Waals surface area contributed by atoms with Gasteiger partial charge in [0, 0.05) is 32.1 Å². The van der Waals surface area contributed by atoms with Crippen LogP contribution in [0.5, 0.6) is 0 Å². The topological polar surface area (TPSA) is 15.7 Å². The smallest absolute Gasteiger partial charge is 0.0495 e. The van der Waals surface area contributed by atoms with Gasteiger partial charge in [-0.3, -0.25) is 4.31 Å². The van der Waals surface area contributed by atoms with Gasteiger partial charge in [0.1, 0.15) is 0 Å². The summed E-state index contributed by atoms with van der Waals surface area (Å²) in [6.45, 7) is 9.42. The molecule has 1 aliphatic carbocycles. The van der Waals surface area contributed by atoms with E-state index in [-0.39, 0.29) is 0 Å². The first kappa shape index (κ1) is 18.0. The van der Waals surface area contributed by atoms with E-state index >= 15 is 0 Å². The second-order valence-electron chi connectivity index (χ2n) is 7.95. The molecule has 23 heavy (non-hydrogen) atoms. The maximum Gasteiger partial charge on any atom is 0.0495 e. The molecule has 0 N–H and O–H groups in total. The number of nitrogens with zero attached hydrogens (tertiary/aromatic N) is 2. The van der Waals surface area contributed by atoms with Crippen molar-refractivity contribution in [3.8, 4) is 0 Å². The van der Waals surface area contributed by atoms with Crippen molar-refractivity contribution < 1.29 is 4.74 Å². The SMILES string of the molecule is CCSN1CCC(COCCC2CC2C2CCN(C)CC2)CC1. The normalized spacial score (nSPS) is 31.6. The molecular weight excluding hydrogens is 304 g/mol. The molecule has 134 valence electrons. The van der Waals surface area contributed by atoms with Crippen molar-refractivity contribution in [2.45, 2.75) is 45.4 Å². The summed E-state index contributed by atoms with van der Waals surface area (Å²) in [5, 5.41) is 0. The average Bonchev–Trinajstić information content (AvgIpc) is 3.34. The second-order valence-corrected chi connectivity index (χ2v) is 9.31. The van der Waals surface area contributed by atoms with Crippen molar-refractivity contribution >= 4 is 11.9 Å². The zero-order valence-electron chi connectivity index (χ0n) is 15.2. The molecule has 3 nitrogen and oxygen atoms in total. The molecule has 3 aliphatic rings. The molecule has 2 saturated heterocycles. The van der Waals surface area contributed by atoms with Gasteiger partial charge in [-0.15, -0.1) is 0 Å². The maximum atomic E-state index is 6.04. The fourth-order valence-corrected chi connectivity index (χ4v) is 5.34. The van der Waals surface area contributed by atoms with E-state index in [0.717, 1.165) is 36.9 Å². The molecule has 0 amide bonds. The average molecular weight is 341 g/mol. The van der Waals surface area contributed by atoms with Crippen LogP contribution in [0.3, 0.4) is 0 Å². The lowest BCUT2D eigenvalue weighted by Crippen LogP contribution is -2.31. The Hall–Kier alpha value is 0.230. The molecule has 2 heterocycles.